The van der Waals surface area contributed by atoms with Crippen molar-refractivity contribution in [2.75, 3.05) is 20.1 Å². The van der Waals surface area contributed by atoms with Crippen LogP contribution in [0.5, 0.6) is 0 Å². The van der Waals surface area contributed by atoms with Gasteiger partial charge in [0, 0.05) is 39.1 Å². The Morgan fingerprint density at radius 3 is 2.39 bits per heavy atom. The van der Waals surface area contributed by atoms with Gasteiger partial charge in [0.15, 0.2) is 5.96 Å². The van der Waals surface area contributed by atoms with E-state index >= 15 is 0 Å². The van der Waals surface area contributed by atoms with E-state index < -0.39 is 0 Å². The van der Waals surface area contributed by atoms with Crippen LogP contribution in [0.2, 0.25) is 0 Å². The first-order valence-corrected chi connectivity index (χ1v) is 7.81. The molecule has 1 atom stereocenters. The van der Waals surface area contributed by atoms with E-state index in [9.17, 15) is 0 Å². The van der Waals surface area contributed by atoms with Gasteiger partial charge in [0.2, 0.25) is 0 Å². The molecule has 1 heterocycles. The highest BCUT2D eigenvalue weighted by molar-refractivity contribution is 14.0. The third-order valence-corrected chi connectivity index (χ3v) is 3.77. The summed E-state index contributed by atoms with van der Waals surface area (Å²) in [5, 5.41) is 6.73. The number of rotatable bonds is 6. The number of halogens is 1. The standard InChI is InChI=1S/C18H26N4.HI/c1-15-6-8-17(9-7-15)16(2)14-21-18(19-3)20-10-13-22-11-4-5-12-22;/h4-9,11-12,16H,10,13-14H2,1-3H3,(H2,19,20,21);1H. The summed E-state index contributed by atoms with van der Waals surface area (Å²) in [5.74, 6) is 1.30. The van der Waals surface area contributed by atoms with Gasteiger partial charge in [0.1, 0.15) is 0 Å². The number of aromatic nitrogens is 1. The van der Waals surface area contributed by atoms with E-state index in [0.29, 0.717) is 5.92 Å². The molecule has 1 aromatic carbocycles. The second kappa shape index (κ2) is 10.3. The predicted octanol–water partition coefficient (Wildman–Crippen LogP) is 3.38. The Balaban J connectivity index is 0.00000264. The van der Waals surface area contributed by atoms with E-state index in [1.54, 1.807) is 0 Å². The molecule has 0 saturated carbocycles. The Hall–Kier alpha value is -1.50. The van der Waals surface area contributed by atoms with Crippen LogP contribution in [0.4, 0.5) is 0 Å². The molecule has 0 fully saturated rings. The zero-order valence-corrected chi connectivity index (χ0v) is 16.5. The lowest BCUT2D eigenvalue weighted by Gasteiger charge is -2.16. The van der Waals surface area contributed by atoms with Gasteiger partial charge in [0.05, 0.1) is 0 Å². The fourth-order valence-electron chi connectivity index (χ4n) is 2.31. The van der Waals surface area contributed by atoms with Crippen LogP contribution in [0.1, 0.15) is 24.0 Å². The van der Waals surface area contributed by atoms with Crippen LogP contribution in [0.25, 0.3) is 0 Å². The van der Waals surface area contributed by atoms with Crippen molar-refractivity contribution in [3.05, 3.63) is 59.9 Å². The first kappa shape index (κ1) is 19.5. The number of nitrogens with one attached hydrogen (secondary N) is 2. The van der Waals surface area contributed by atoms with Crippen molar-refractivity contribution in [1.29, 1.82) is 0 Å². The highest BCUT2D eigenvalue weighted by Crippen LogP contribution is 2.14. The normalized spacial score (nSPS) is 12.4. The van der Waals surface area contributed by atoms with Crippen molar-refractivity contribution >= 4 is 29.9 Å². The maximum absolute atomic E-state index is 4.27. The molecule has 2 N–H and O–H groups in total. The maximum Gasteiger partial charge on any atom is 0.191 e. The first-order chi connectivity index (χ1) is 10.7. The fraction of sp³-hybridized carbons (Fsp3) is 0.389. The highest BCUT2D eigenvalue weighted by Gasteiger charge is 2.06. The summed E-state index contributed by atoms with van der Waals surface area (Å²) in [6.07, 6.45) is 4.13. The van der Waals surface area contributed by atoms with Gasteiger partial charge >= 0.3 is 0 Å². The van der Waals surface area contributed by atoms with Gasteiger partial charge in [-0.3, -0.25) is 4.99 Å². The third kappa shape index (κ3) is 6.64. The number of benzene rings is 1. The molecule has 1 aromatic heterocycles. The first-order valence-electron chi connectivity index (χ1n) is 7.81. The predicted molar refractivity (Wildman–Crippen MR) is 109 cm³/mol. The molecule has 0 aliphatic heterocycles. The van der Waals surface area contributed by atoms with E-state index in [4.69, 9.17) is 0 Å². The quantitative estimate of drug-likeness (QED) is 0.423. The molecule has 0 bridgehead atoms. The molecule has 2 rings (SSSR count). The smallest absolute Gasteiger partial charge is 0.191 e. The SMILES string of the molecule is CN=C(NCCn1cccc1)NCC(C)c1ccc(C)cc1.I. The summed E-state index contributed by atoms with van der Waals surface area (Å²) in [4.78, 5) is 4.27. The molecule has 5 heteroatoms. The molecule has 1 unspecified atom stereocenters. The Labute approximate surface area is 156 Å². The van der Waals surface area contributed by atoms with Crippen LogP contribution in [0.15, 0.2) is 53.8 Å². The summed E-state index contributed by atoms with van der Waals surface area (Å²) in [6, 6.07) is 12.8. The van der Waals surface area contributed by atoms with Crippen LogP contribution in [-0.2, 0) is 6.54 Å². The van der Waals surface area contributed by atoms with Crippen LogP contribution < -0.4 is 10.6 Å². The molecular formula is C18H27IN4. The molecule has 126 valence electrons. The van der Waals surface area contributed by atoms with Crippen molar-refractivity contribution < 1.29 is 0 Å². The van der Waals surface area contributed by atoms with Crippen LogP contribution in [0, 0.1) is 6.92 Å². The minimum Gasteiger partial charge on any atom is -0.356 e. The van der Waals surface area contributed by atoms with Crippen molar-refractivity contribution in [2.24, 2.45) is 4.99 Å². The number of hydrogen-bond acceptors (Lipinski definition) is 1. The number of aliphatic imine (C=N–C) groups is 1. The summed E-state index contributed by atoms with van der Waals surface area (Å²) in [5.41, 5.74) is 2.65. The van der Waals surface area contributed by atoms with Gasteiger partial charge < -0.3 is 15.2 Å². The average molecular weight is 426 g/mol. The molecule has 0 saturated heterocycles. The second-order valence-corrected chi connectivity index (χ2v) is 5.61. The molecule has 0 radical (unpaired) electrons. The topological polar surface area (TPSA) is 41.4 Å². The minimum absolute atomic E-state index is 0. The van der Waals surface area contributed by atoms with Crippen LogP contribution >= 0.6 is 24.0 Å². The Morgan fingerprint density at radius 1 is 1.13 bits per heavy atom. The van der Waals surface area contributed by atoms with Gasteiger partial charge in [-0.2, -0.15) is 0 Å². The molecule has 23 heavy (non-hydrogen) atoms. The van der Waals surface area contributed by atoms with Crippen molar-refractivity contribution in [2.45, 2.75) is 26.3 Å². The molecule has 0 amide bonds. The number of guanidine groups is 1. The van der Waals surface area contributed by atoms with Crippen molar-refractivity contribution in [3.63, 3.8) is 0 Å². The van der Waals surface area contributed by atoms with E-state index in [1.165, 1.54) is 11.1 Å². The molecule has 2 aromatic rings. The number of nitrogens with zero attached hydrogens (tertiary/aromatic N) is 2. The van der Waals surface area contributed by atoms with Gasteiger partial charge in [-0.05, 0) is 30.5 Å². The summed E-state index contributed by atoms with van der Waals surface area (Å²) >= 11 is 0. The molecule has 0 aliphatic carbocycles. The average Bonchev–Trinajstić information content (AvgIpc) is 3.04. The summed E-state index contributed by atoms with van der Waals surface area (Å²) in [6.45, 7) is 6.99. The van der Waals surface area contributed by atoms with E-state index in [-0.39, 0.29) is 24.0 Å². The lowest BCUT2D eigenvalue weighted by atomic mass is 10.0. The lowest BCUT2D eigenvalue weighted by molar-refractivity contribution is 0.652. The Bertz CT molecular complexity index is 576. The fourth-order valence-corrected chi connectivity index (χ4v) is 2.31. The van der Waals surface area contributed by atoms with Crippen molar-refractivity contribution in [1.82, 2.24) is 15.2 Å². The summed E-state index contributed by atoms with van der Waals surface area (Å²) < 4.78 is 2.15. The van der Waals surface area contributed by atoms with E-state index in [1.807, 2.05) is 19.2 Å². The maximum atomic E-state index is 4.27. The Kier molecular flexibility index (Phi) is 8.76. The molecule has 0 aliphatic rings. The molecule has 0 spiro atoms. The number of hydrogen-bond donors (Lipinski definition) is 2. The van der Waals surface area contributed by atoms with Gasteiger partial charge in [0.25, 0.3) is 0 Å². The van der Waals surface area contributed by atoms with Gasteiger partial charge in [-0.15, -0.1) is 24.0 Å². The van der Waals surface area contributed by atoms with E-state index in [2.05, 4.69) is 70.7 Å². The zero-order valence-electron chi connectivity index (χ0n) is 14.1. The highest BCUT2D eigenvalue weighted by atomic mass is 127. The minimum atomic E-state index is 0. The Morgan fingerprint density at radius 2 is 1.78 bits per heavy atom. The van der Waals surface area contributed by atoms with Crippen LogP contribution in [0.3, 0.4) is 0 Å². The summed E-state index contributed by atoms with van der Waals surface area (Å²) in [7, 11) is 1.81. The third-order valence-electron chi connectivity index (χ3n) is 3.77. The monoisotopic (exact) mass is 426 g/mol. The van der Waals surface area contributed by atoms with Gasteiger partial charge in [-0.25, -0.2) is 0 Å². The zero-order chi connectivity index (χ0) is 15.8. The molecule has 4 nitrogen and oxygen atoms in total. The molecular weight excluding hydrogens is 399 g/mol. The largest absolute Gasteiger partial charge is 0.356 e. The van der Waals surface area contributed by atoms with E-state index in [0.717, 1.165) is 25.6 Å². The van der Waals surface area contributed by atoms with Gasteiger partial charge in [-0.1, -0.05) is 36.8 Å². The van der Waals surface area contributed by atoms with Crippen LogP contribution in [-0.4, -0.2) is 30.7 Å². The lowest BCUT2D eigenvalue weighted by Crippen LogP contribution is -2.40. The second-order valence-electron chi connectivity index (χ2n) is 5.61. The number of aryl methyl sites for hydroxylation is 1. The van der Waals surface area contributed by atoms with Crippen molar-refractivity contribution in [3.8, 4) is 0 Å².